The van der Waals surface area contributed by atoms with Crippen molar-refractivity contribution in [1.82, 2.24) is 30.3 Å². The Kier molecular flexibility index (Phi) is 6.96. The molecule has 1 aromatic heterocycles. The second-order valence-corrected chi connectivity index (χ2v) is 6.51. The van der Waals surface area contributed by atoms with Crippen molar-refractivity contribution in [3.63, 3.8) is 0 Å². The van der Waals surface area contributed by atoms with Gasteiger partial charge >= 0.3 is 0 Å². The van der Waals surface area contributed by atoms with Crippen molar-refractivity contribution in [1.29, 1.82) is 0 Å². The zero-order valence-electron chi connectivity index (χ0n) is 16.3. The molecule has 0 bridgehead atoms. The van der Waals surface area contributed by atoms with Gasteiger partial charge in [0, 0.05) is 33.7 Å². The van der Waals surface area contributed by atoms with Crippen molar-refractivity contribution in [2.75, 3.05) is 39.9 Å². The summed E-state index contributed by atoms with van der Waals surface area (Å²) in [6, 6.07) is 9.83. The number of nitrogens with zero attached hydrogens (tertiary/aromatic N) is 5. The molecular weight excluding hydrogens is 358 g/mol. The van der Waals surface area contributed by atoms with E-state index in [1.54, 1.807) is 11.7 Å². The molecule has 1 saturated heterocycles. The summed E-state index contributed by atoms with van der Waals surface area (Å²) in [4.78, 5) is 23.4. The Morgan fingerprint density at radius 2 is 2.00 bits per heavy atom. The number of aryl methyl sites for hydroxylation is 1. The third-order valence-corrected chi connectivity index (χ3v) is 4.74. The number of aliphatic imine (C=N–C) groups is 1. The van der Waals surface area contributed by atoms with Gasteiger partial charge in [0.25, 0.3) is 0 Å². The quantitative estimate of drug-likeness (QED) is 0.542. The molecular formula is C19H27N7O2. The average Bonchev–Trinajstić information content (AvgIpc) is 3.16. The first kappa shape index (κ1) is 19.8. The van der Waals surface area contributed by atoms with Crippen molar-refractivity contribution in [3.8, 4) is 0 Å². The topological polar surface area (TPSA) is 96.7 Å². The van der Waals surface area contributed by atoms with Crippen LogP contribution in [-0.2, 0) is 23.1 Å². The van der Waals surface area contributed by atoms with Gasteiger partial charge in [-0.2, -0.15) is 5.10 Å². The molecule has 9 heteroatoms. The fourth-order valence-corrected chi connectivity index (χ4v) is 3.10. The summed E-state index contributed by atoms with van der Waals surface area (Å²) in [5.41, 5.74) is 0.982. The Morgan fingerprint density at radius 1 is 1.25 bits per heavy atom. The number of hydrogen-bond donors (Lipinski definition) is 2. The Bertz CT molecular complexity index is 785. The lowest BCUT2D eigenvalue weighted by molar-refractivity contribution is -0.136. The van der Waals surface area contributed by atoms with Crippen molar-refractivity contribution in [2.45, 2.75) is 12.5 Å². The number of hydrogen-bond acceptors (Lipinski definition) is 5. The third kappa shape index (κ3) is 5.07. The highest BCUT2D eigenvalue weighted by atomic mass is 16.5. The van der Waals surface area contributed by atoms with E-state index < -0.39 is 0 Å². The number of benzene rings is 1. The highest BCUT2D eigenvalue weighted by Crippen LogP contribution is 2.18. The van der Waals surface area contributed by atoms with E-state index in [4.69, 9.17) is 4.74 Å². The zero-order chi connectivity index (χ0) is 19.8. The van der Waals surface area contributed by atoms with Crippen LogP contribution in [0.15, 0.2) is 41.7 Å². The molecule has 1 aromatic carbocycles. The Labute approximate surface area is 164 Å². The minimum Gasteiger partial charge on any atom is -0.378 e. The summed E-state index contributed by atoms with van der Waals surface area (Å²) in [7, 11) is 3.54. The molecule has 1 fully saturated rings. The molecule has 1 atom stereocenters. The maximum Gasteiger partial charge on any atom is 0.232 e. The van der Waals surface area contributed by atoms with Crippen LogP contribution in [0.25, 0.3) is 0 Å². The van der Waals surface area contributed by atoms with Gasteiger partial charge in [0.2, 0.25) is 5.91 Å². The molecule has 3 rings (SSSR count). The number of carbonyl (C=O) groups excluding carboxylic acids is 1. The first-order valence-electron chi connectivity index (χ1n) is 9.38. The molecule has 2 N–H and O–H groups in total. The van der Waals surface area contributed by atoms with Gasteiger partial charge in [-0.25, -0.2) is 4.98 Å². The number of amides is 1. The molecule has 28 heavy (non-hydrogen) atoms. The number of guanidine groups is 1. The Balaban J connectivity index is 1.64. The first-order chi connectivity index (χ1) is 13.7. The van der Waals surface area contributed by atoms with Gasteiger partial charge in [0.05, 0.1) is 25.7 Å². The number of morpholine rings is 1. The van der Waals surface area contributed by atoms with Crippen LogP contribution in [0.2, 0.25) is 0 Å². The molecule has 9 nitrogen and oxygen atoms in total. The third-order valence-electron chi connectivity index (χ3n) is 4.74. The van der Waals surface area contributed by atoms with Crippen LogP contribution < -0.4 is 10.6 Å². The average molecular weight is 385 g/mol. The van der Waals surface area contributed by atoms with Gasteiger partial charge < -0.3 is 20.3 Å². The summed E-state index contributed by atoms with van der Waals surface area (Å²) < 4.78 is 7.08. The molecule has 0 aliphatic carbocycles. The summed E-state index contributed by atoms with van der Waals surface area (Å²) in [5, 5.41) is 10.5. The van der Waals surface area contributed by atoms with Crippen LogP contribution in [0, 0.1) is 0 Å². The maximum atomic E-state index is 13.1. The van der Waals surface area contributed by atoms with E-state index in [2.05, 4.69) is 25.7 Å². The van der Waals surface area contributed by atoms with E-state index in [-0.39, 0.29) is 11.8 Å². The Morgan fingerprint density at radius 3 is 2.64 bits per heavy atom. The summed E-state index contributed by atoms with van der Waals surface area (Å²) >= 11 is 0. The molecule has 0 spiro atoms. The lowest BCUT2D eigenvalue weighted by atomic mass is 9.97. The van der Waals surface area contributed by atoms with E-state index in [0.717, 1.165) is 11.4 Å². The van der Waals surface area contributed by atoms with Gasteiger partial charge in [-0.05, 0) is 5.56 Å². The Hall–Kier alpha value is -2.94. The molecule has 1 aliphatic heterocycles. The maximum absolute atomic E-state index is 13.1. The van der Waals surface area contributed by atoms with Gasteiger partial charge in [-0.15, -0.1) is 0 Å². The van der Waals surface area contributed by atoms with Crippen LogP contribution in [0.4, 0.5) is 0 Å². The van der Waals surface area contributed by atoms with Crippen molar-refractivity contribution in [3.05, 3.63) is 48.0 Å². The SMILES string of the molecule is CN=C(NCc1ncnn1C)NCC(C(=O)N1CCOCC1)c1ccccc1. The minimum atomic E-state index is -0.298. The second kappa shape index (κ2) is 9.84. The second-order valence-electron chi connectivity index (χ2n) is 6.51. The fraction of sp³-hybridized carbons (Fsp3) is 0.474. The van der Waals surface area contributed by atoms with Crippen LogP contribution in [0.1, 0.15) is 17.3 Å². The van der Waals surface area contributed by atoms with Crippen molar-refractivity contribution < 1.29 is 9.53 Å². The smallest absolute Gasteiger partial charge is 0.232 e. The van der Waals surface area contributed by atoms with Gasteiger partial charge in [-0.1, -0.05) is 30.3 Å². The summed E-state index contributed by atoms with van der Waals surface area (Å²) in [6.07, 6.45) is 1.51. The van der Waals surface area contributed by atoms with Gasteiger partial charge in [0.15, 0.2) is 5.96 Å². The van der Waals surface area contributed by atoms with Crippen LogP contribution in [0.5, 0.6) is 0 Å². The molecule has 1 amide bonds. The normalized spacial score (nSPS) is 15.9. The number of carbonyl (C=O) groups is 1. The highest BCUT2D eigenvalue weighted by Gasteiger charge is 2.27. The monoisotopic (exact) mass is 385 g/mol. The largest absolute Gasteiger partial charge is 0.378 e. The van der Waals surface area contributed by atoms with Gasteiger partial charge in [0.1, 0.15) is 12.2 Å². The predicted octanol–water partition coefficient (Wildman–Crippen LogP) is 0.123. The van der Waals surface area contributed by atoms with Gasteiger partial charge in [-0.3, -0.25) is 14.5 Å². The lowest BCUT2D eigenvalue weighted by Gasteiger charge is -2.31. The number of aromatic nitrogens is 3. The van der Waals surface area contributed by atoms with Crippen LogP contribution >= 0.6 is 0 Å². The fourth-order valence-electron chi connectivity index (χ4n) is 3.10. The molecule has 150 valence electrons. The highest BCUT2D eigenvalue weighted by molar-refractivity contribution is 5.86. The number of ether oxygens (including phenoxy) is 1. The number of rotatable bonds is 6. The van der Waals surface area contributed by atoms with Crippen LogP contribution in [0.3, 0.4) is 0 Å². The summed E-state index contributed by atoms with van der Waals surface area (Å²) in [6.45, 7) is 3.36. The van der Waals surface area contributed by atoms with E-state index >= 15 is 0 Å². The van der Waals surface area contributed by atoms with E-state index in [9.17, 15) is 4.79 Å². The zero-order valence-corrected chi connectivity index (χ0v) is 16.3. The molecule has 0 saturated carbocycles. The molecule has 0 radical (unpaired) electrons. The number of nitrogens with one attached hydrogen (secondary N) is 2. The van der Waals surface area contributed by atoms with Crippen molar-refractivity contribution in [2.24, 2.45) is 12.0 Å². The minimum absolute atomic E-state index is 0.103. The van der Waals surface area contributed by atoms with E-state index in [0.29, 0.717) is 45.4 Å². The van der Waals surface area contributed by atoms with E-state index in [1.807, 2.05) is 42.3 Å². The predicted molar refractivity (Wildman–Crippen MR) is 106 cm³/mol. The molecule has 2 aromatic rings. The first-order valence-corrected chi connectivity index (χ1v) is 9.38. The lowest BCUT2D eigenvalue weighted by Crippen LogP contribution is -2.47. The molecule has 1 aliphatic rings. The molecule has 1 unspecified atom stereocenters. The van der Waals surface area contributed by atoms with E-state index in [1.165, 1.54) is 6.33 Å². The van der Waals surface area contributed by atoms with Crippen LogP contribution in [-0.4, -0.2) is 71.4 Å². The van der Waals surface area contributed by atoms with Crippen molar-refractivity contribution >= 4 is 11.9 Å². The molecule has 2 heterocycles. The standard InChI is InChI=1S/C19H27N7O2/c1-20-19(22-13-17-23-14-24-25(17)2)21-12-16(15-6-4-3-5-7-15)18(27)26-8-10-28-11-9-26/h3-7,14,16H,8-13H2,1-2H3,(H2,20,21,22). The summed E-state index contributed by atoms with van der Waals surface area (Å²) in [5.74, 6) is 1.21.